The molecule has 3 heteroatoms. The van der Waals surface area contributed by atoms with Gasteiger partial charge in [-0.25, -0.2) is 0 Å². The molecule has 0 saturated heterocycles. The molecule has 1 aliphatic rings. The zero-order chi connectivity index (χ0) is 12.4. The van der Waals surface area contributed by atoms with Crippen LogP contribution < -0.4 is 0 Å². The van der Waals surface area contributed by atoms with Gasteiger partial charge in [-0.05, 0) is 31.7 Å². The van der Waals surface area contributed by atoms with Crippen molar-refractivity contribution in [3.63, 3.8) is 0 Å². The van der Waals surface area contributed by atoms with E-state index in [4.69, 9.17) is 0 Å². The summed E-state index contributed by atoms with van der Waals surface area (Å²) in [6.07, 6.45) is 5.87. The predicted octanol–water partition coefficient (Wildman–Crippen LogP) is 3.13. The summed E-state index contributed by atoms with van der Waals surface area (Å²) in [6, 6.07) is 1.92. The smallest absolute Gasteiger partial charge is 0.184 e. The van der Waals surface area contributed by atoms with Crippen molar-refractivity contribution in [1.29, 1.82) is 0 Å². The Balaban J connectivity index is 2.21. The number of carbonyl (C=O) groups is 1. The van der Waals surface area contributed by atoms with Gasteiger partial charge in [0.1, 0.15) is 5.69 Å². The summed E-state index contributed by atoms with van der Waals surface area (Å²) in [6.45, 7) is 4.14. The van der Waals surface area contributed by atoms with Crippen LogP contribution in [0.3, 0.4) is 0 Å². The number of carbonyl (C=O) groups excluding carboxylic acids is 1. The quantitative estimate of drug-likeness (QED) is 0.753. The van der Waals surface area contributed by atoms with Gasteiger partial charge in [0.25, 0.3) is 0 Å². The van der Waals surface area contributed by atoms with Crippen LogP contribution in [-0.2, 0) is 7.05 Å². The first-order valence-corrected chi connectivity index (χ1v) is 6.68. The van der Waals surface area contributed by atoms with Crippen molar-refractivity contribution >= 4 is 5.78 Å². The normalized spacial score (nSPS) is 24.9. The zero-order valence-electron chi connectivity index (χ0n) is 11.1. The molecule has 0 N–H and O–H groups in total. The minimum Gasteiger partial charge on any atom is -0.292 e. The highest BCUT2D eigenvalue weighted by Crippen LogP contribution is 2.34. The topological polar surface area (TPSA) is 34.9 Å². The van der Waals surface area contributed by atoms with E-state index in [2.05, 4.69) is 12.0 Å². The first kappa shape index (κ1) is 12.3. The average Bonchev–Trinajstić information content (AvgIpc) is 2.67. The van der Waals surface area contributed by atoms with Gasteiger partial charge in [0.2, 0.25) is 0 Å². The molecule has 0 aromatic carbocycles. The fraction of sp³-hybridized carbons (Fsp3) is 0.714. The summed E-state index contributed by atoms with van der Waals surface area (Å²) < 4.78 is 1.74. The molecule has 1 fully saturated rings. The molecule has 0 spiro atoms. The van der Waals surface area contributed by atoms with Gasteiger partial charge in [0, 0.05) is 13.0 Å². The summed E-state index contributed by atoms with van der Waals surface area (Å²) in [5.41, 5.74) is 1.72. The van der Waals surface area contributed by atoms with E-state index in [1.54, 1.807) is 4.68 Å². The van der Waals surface area contributed by atoms with Crippen molar-refractivity contribution in [2.45, 2.75) is 46.0 Å². The fourth-order valence-electron chi connectivity index (χ4n) is 3.07. The third-order valence-electron chi connectivity index (χ3n) is 4.02. The van der Waals surface area contributed by atoms with Crippen LogP contribution >= 0.6 is 0 Å². The maximum atomic E-state index is 12.5. The van der Waals surface area contributed by atoms with E-state index in [1.165, 1.54) is 19.3 Å². The van der Waals surface area contributed by atoms with E-state index in [0.29, 0.717) is 11.7 Å². The van der Waals surface area contributed by atoms with Crippen molar-refractivity contribution in [3.8, 4) is 0 Å². The number of ketones is 1. The predicted molar refractivity (Wildman–Crippen MR) is 68.0 cm³/mol. The molecule has 1 aromatic heterocycles. The molecular weight excluding hydrogens is 212 g/mol. The first-order valence-electron chi connectivity index (χ1n) is 6.68. The molecule has 0 bridgehead atoms. The second-order valence-electron chi connectivity index (χ2n) is 5.22. The summed E-state index contributed by atoms with van der Waals surface area (Å²) in [5.74, 6) is 1.11. The van der Waals surface area contributed by atoms with Gasteiger partial charge in [0.05, 0.1) is 5.69 Å². The van der Waals surface area contributed by atoms with Gasteiger partial charge in [-0.1, -0.05) is 26.2 Å². The molecule has 3 nitrogen and oxygen atoms in total. The van der Waals surface area contributed by atoms with Crippen molar-refractivity contribution in [2.75, 3.05) is 0 Å². The monoisotopic (exact) mass is 234 g/mol. The zero-order valence-corrected chi connectivity index (χ0v) is 11.1. The largest absolute Gasteiger partial charge is 0.292 e. The maximum absolute atomic E-state index is 12.5. The number of rotatable bonds is 3. The highest BCUT2D eigenvalue weighted by molar-refractivity contribution is 5.96. The molecule has 2 atom stereocenters. The van der Waals surface area contributed by atoms with Gasteiger partial charge in [0.15, 0.2) is 5.78 Å². The van der Waals surface area contributed by atoms with E-state index >= 15 is 0 Å². The summed E-state index contributed by atoms with van der Waals surface area (Å²) >= 11 is 0. The Bertz CT molecular complexity index is 408. The highest BCUT2D eigenvalue weighted by Gasteiger charge is 2.31. The standard InChI is InChI=1S/C14H22N2O/c1-4-11-7-5-6-8-12(11)14(17)13-9-10(2)15-16(13)3/h9,11-12H,4-8H2,1-3H3. The Hall–Kier alpha value is -1.12. The molecule has 1 saturated carbocycles. The van der Waals surface area contributed by atoms with Gasteiger partial charge >= 0.3 is 0 Å². The van der Waals surface area contributed by atoms with E-state index in [-0.39, 0.29) is 5.92 Å². The number of aromatic nitrogens is 2. The number of nitrogens with zero attached hydrogens (tertiary/aromatic N) is 2. The highest BCUT2D eigenvalue weighted by atomic mass is 16.1. The van der Waals surface area contributed by atoms with Crippen LogP contribution in [0, 0.1) is 18.8 Å². The average molecular weight is 234 g/mol. The summed E-state index contributed by atoms with van der Waals surface area (Å²) in [5, 5.41) is 4.27. The van der Waals surface area contributed by atoms with Gasteiger partial charge in [-0.3, -0.25) is 9.48 Å². The van der Waals surface area contributed by atoms with E-state index in [1.807, 2.05) is 20.0 Å². The molecule has 17 heavy (non-hydrogen) atoms. The Morgan fingerprint density at radius 2 is 2.18 bits per heavy atom. The second kappa shape index (κ2) is 5.03. The van der Waals surface area contributed by atoms with Crippen molar-refractivity contribution in [3.05, 3.63) is 17.5 Å². The van der Waals surface area contributed by atoms with Crippen LogP contribution in [0.5, 0.6) is 0 Å². The third kappa shape index (κ3) is 2.43. The minimum absolute atomic E-state index is 0.226. The Morgan fingerprint density at radius 1 is 1.47 bits per heavy atom. The maximum Gasteiger partial charge on any atom is 0.184 e. The number of Topliss-reactive ketones (excluding diaryl/α,β-unsaturated/α-hetero) is 1. The van der Waals surface area contributed by atoms with Crippen LogP contribution in [-0.4, -0.2) is 15.6 Å². The summed E-state index contributed by atoms with van der Waals surface area (Å²) in [7, 11) is 1.87. The van der Waals surface area contributed by atoms with E-state index in [9.17, 15) is 4.79 Å². The number of aryl methyl sites for hydroxylation is 2. The van der Waals surface area contributed by atoms with Crippen molar-refractivity contribution in [1.82, 2.24) is 9.78 Å². The fourth-order valence-corrected chi connectivity index (χ4v) is 3.07. The molecule has 0 amide bonds. The minimum atomic E-state index is 0.226. The van der Waals surface area contributed by atoms with Crippen LogP contribution in [0.15, 0.2) is 6.07 Å². The molecular formula is C14H22N2O. The lowest BCUT2D eigenvalue weighted by molar-refractivity contribution is 0.0810. The SMILES string of the molecule is CCC1CCCCC1C(=O)c1cc(C)nn1C. The number of hydrogen-bond acceptors (Lipinski definition) is 2. The lowest BCUT2D eigenvalue weighted by Crippen LogP contribution is -2.28. The Morgan fingerprint density at radius 3 is 2.76 bits per heavy atom. The Kier molecular flexibility index (Phi) is 3.65. The molecule has 94 valence electrons. The van der Waals surface area contributed by atoms with Gasteiger partial charge in [-0.15, -0.1) is 0 Å². The van der Waals surface area contributed by atoms with E-state index in [0.717, 1.165) is 24.2 Å². The summed E-state index contributed by atoms with van der Waals surface area (Å²) in [4.78, 5) is 12.5. The third-order valence-corrected chi connectivity index (χ3v) is 4.02. The molecule has 1 aliphatic carbocycles. The molecule has 2 rings (SSSR count). The van der Waals surface area contributed by atoms with Crippen LogP contribution in [0.25, 0.3) is 0 Å². The molecule has 0 aliphatic heterocycles. The van der Waals surface area contributed by atoms with Gasteiger partial charge < -0.3 is 0 Å². The molecule has 1 heterocycles. The first-order chi connectivity index (χ1) is 8.13. The van der Waals surface area contributed by atoms with Crippen molar-refractivity contribution in [2.24, 2.45) is 18.9 Å². The molecule has 2 unspecified atom stereocenters. The van der Waals surface area contributed by atoms with E-state index < -0.39 is 0 Å². The van der Waals surface area contributed by atoms with Crippen LogP contribution in [0.2, 0.25) is 0 Å². The lowest BCUT2D eigenvalue weighted by atomic mass is 9.75. The Labute approximate surface area is 103 Å². The van der Waals surface area contributed by atoms with Crippen LogP contribution in [0.4, 0.5) is 0 Å². The lowest BCUT2D eigenvalue weighted by Gasteiger charge is -2.29. The van der Waals surface area contributed by atoms with Gasteiger partial charge in [-0.2, -0.15) is 5.10 Å². The molecule has 1 aromatic rings. The molecule has 0 radical (unpaired) electrons. The van der Waals surface area contributed by atoms with Crippen molar-refractivity contribution < 1.29 is 4.79 Å². The number of hydrogen-bond donors (Lipinski definition) is 0. The van der Waals surface area contributed by atoms with Crippen LogP contribution in [0.1, 0.15) is 55.2 Å². The second-order valence-corrected chi connectivity index (χ2v) is 5.22.